The summed E-state index contributed by atoms with van der Waals surface area (Å²) in [5, 5.41) is 8.58. The minimum absolute atomic E-state index is 0.126. The molecule has 0 unspecified atom stereocenters. The van der Waals surface area contributed by atoms with Crippen molar-refractivity contribution >= 4 is 5.97 Å². The van der Waals surface area contributed by atoms with Crippen LogP contribution in [0.15, 0.2) is 48.5 Å². The van der Waals surface area contributed by atoms with Crippen molar-refractivity contribution in [1.82, 2.24) is 0 Å². The maximum absolute atomic E-state index is 12.5. The van der Waals surface area contributed by atoms with Crippen LogP contribution in [0.5, 0.6) is 0 Å². The maximum atomic E-state index is 12.5. The summed E-state index contributed by atoms with van der Waals surface area (Å²) in [6, 6.07) is 12.4. The molecule has 0 aromatic heterocycles. The third-order valence-electron chi connectivity index (χ3n) is 3.36. The number of carbonyl (C=O) groups is 1. The molecule has 116 valence electrons. The minimum Gasteiger partial charge on any atom is -0.481 e. The largest absolute Gasteiger partial charge is 0.481 e. The number of aryl methyl sites for hydroxylation is 1. The molecule has 0 saturated carbocycles. The van der Waals surface area contributed by atoms with Crippen molar-refractivity contribution in [2.75, 3.05) is 0 Å². The second-order valence-electron chi connectivity index (χ2n) is 5.02. The summed E-state index contributed by atoms with van der Waals surface area (Å²) in [7, 11) is 0. The van der Waals surface area contributed by atoms with Gasteiger partial charge in [-0.25, -0.2) is 0 Å². The molecule has 5 heteroatoms. The van der Waals surface area contributed by atoms with E-state index < -0.39 is 17.7 Å². The van der Waals surface area contributed by atoms with E-state index in [1.165, 1.54) is 12.1 Å². The number of alkyl halides is 3. The van der Waals surface area contributed by atoms with E-state index in [0.717, 1.165) is 23.3 Å². The number of hydrogen-bond acceptors (Lipinski definition) is 1. The summed E-state index contributed by atoms with van der Waals surface area (Å²) in [4.78, 5) is 10.4. The Morgan fingerprint density at radius 3 is 1.86 bits per heavy atom. The van der Waals surface area contributed by atoms with Gasteiger partial charge in [-0.15, -0.1) is 0 Å². The van der Waals surface area contributed by atoms with E-state index in [9.17, 15) is 18.0 Å². The Kier molecular flexibility index (Phi) is 4.85. The first-order valence-electron chi connectivity index (χ1n) is 6.84. The van der Waals surface area contributed by atoms with Gasteiger partial charge >= 0.3 is 12.1 Å². The van der Waals surface area contributed by atoms with Gasteiger partial charge in [-0.05, 0) is 41.7 Å². The highest BCUT2D eigenvalue weighted by molar-refractivity contribution is 5.66. The molecular formula is C17H15F3O2. The van der Waals surface area contributed by atoms with Gasteiger partial charge in [0.15, 0.2) is 0 Å². The van der Waals surface area contributed by atoms with Gasteiger partial charge in [-0.3, -0.25) is 4.79 Å². The topological polar surface area (TPSA) is 37.3 Å². The smallest absolute Gasteiger partial charge is 0.416 e. The van der Waals surface area contributed by atoms with Crippen LogP contribution in [0.2, 0.25) is 0 Å². The molecule has 0 atom stereocenters. The molecule has 0 spiro atoms. The lowest BCUT2D eigenvalue weighted by Crippen LogP contribution is -2.03. The molecule has 0 aliphatic carbocycles. The van der Waals surface area contributed by atoms with E-state index in [1.54, 1.807) is 0 Å². The quantitative estimate of drug-likeness (QED) is 0.863. The van der Waals surface area contributed by atoms with Crippen molar-refractivity contribution in [2.24, 2.45) is 0 Å². The fraction of sp³-hybridized carbons (Fsp3) is 0.235. The zero-order chi connectivity index (χ0) is 16.2. The van der Waals surface area contributed by atoms with Crippen LogP contribution in [0.1, 0.15) is 24.0 Å². The van der Waals surface area contributed by atoms with Gasteiger partial charge in [0.05, 0.1) is 5.56 Å². The molecule has 0 amide bonds. The summed E-state index contributed by atoms with van der Waals surface area (Å²) in [6.07, 6.45) is -2.97. The lowest BCUT2D eigenvalue weighted by molar-refractivity contribution is -0.138. The van der Waals surface area contributed by atoms with E-state index in [-0.39, 0.29) is 6.42 Å². The van der Waals surface area contributed by atoms with Crippen LogP contribution < -0.4 is 0 Å². The Hall–Kier alpha value is -2.30. The molecule has 1 N–H and O–H groups in total. The number of carboxylic acids is 1. The van der Waals surface area contributed by atoms with Gasteiger partial charge in [0, 0.05) is 6.42 Å². The van der Waals surface area contributed by atoms with Gasteiger partial charge in [0.25, 0.3) is 0 Å². The van der Waals surface area contributed by atoms with Crippen molar-refractivity contribution in [3.05, 3.63) is 59.7 Å². The predicted octanol–water partition coefficient (Wildman–Crippen LogP) is 4.78. The minimum atomic E-state index is -4.33. The van der Waals surface area contributed by atoms with E-state index in [4.69, 9.17) is 5.11 Å². The highest BCUT2D eigenvalue weighted by atomic mass is 19.4. The lowest BCUT2D eigenvalue weighted by atomic mass is 10.0. The summed E-state index contributed by atoms with van der Waals surface area (Å²) >= 11 is 0. The molecule has 0 aliphatic heterocycles. The van der Waals surface area contributed by atoms with Gasteiger partial charge in [0.2, 0.25) is 0 Å². The van der Waals surface area contributed by atoms with Crippen LogP contribution in [0.4, 0.5) is 13.2 Å². The van der Waals surface area contributed by atoms with Crippen molar-refractivity contribution in [2.45, 2.75) is 25.4 Å². The number of halogens is 3. The lowest BCUT2D eigenvalue weighted by Gasteiger charge is -2.08. The van der Waals surface area contributed by atoms with Crippen molar-refractivity contribution < 1.29 is 23.1 Å². The second-order valence-corrected chi connectivity index (χ2v) is 5.02. The molecule has 2 aromatic carbocycles. The van der Waals surface area contributed by atoms with Crippen LogP contribution >= 0.6 is 0 Å². The SMILES string of the molecule is O=C(O)CCCc1ccc(-c2ccc(C(F)(F)F)cc2)cc1. The molecule has 2 aromatic rings. The van der Waals surface area contributed by atoms with Crippen molar-refractivity contribution in [3.63, 3.8) is 0 Å². The van der Waals surface area contributed by atoms with E-state index >= 15 is 0 Å². The predicted molar refractivity (Wildman–Crippen MR) is 77.5 cm³/mol. The fourth-order valence-electron chi connectivity index (χ4n) is 2.16. The molecule has 0 saturated heterocycles. The summed E-state index contributed by atoms with van der Waals surface area (Å²) < 4.78 is 37.5. The summed E-state index contributed by atoms with van der Waals surface area (Å²) in [5.41, 5.74) is 1.89. The zero-order valence-electron chi connectivity index (χ0n) is 11.7. The van der Waals surface area contributed by atoms with E-state index in [0.29, 0.717) is 18.4 Å². The maximum Gasteiger partial charge on any atom is 0.416 e. The molecule has 2 nitrogen and oxygen atoms in total. The monoisotopic (exact) mass is 308 g/mol. The second kappa shape index (κ2) is 6.64. The molecule has 0 heterocycles. The van der Waals surface area contributed by atoms with Crippen LogP contribution in [0, 0.1) is 0 Å². The molecule has 0 fully saturated rings. The molecule has 0 radical (unpaired) electrons. The van der Waals surface area contributed by atoms with Crippen LogP contribution in [0.25, 0.3) is 11.1 Å². The Labute approximate surface area is 126 Å². The van der Waals surface area contributed by atoms with Crippen LogP contribution in [-0.2, 0) is 17.4 Å². The third kappa shape index (κ3) is 4.35. The highest BCUT2D eigenvalue weighted by Gasteiger charge is 2.29. The fourth-order valence-corrected chi connectivity index (χ4v) is 2.16. The third-order valence-corrected chi connectivity index (χ3v) is 3.36. The normalized spacial score (nSPS) is 11.4. The number of benzene rings is 2. The van der Waals surface area contributed by atoms with Gasteiger partial charge in [-0.2, -0.15) is 13.2 Å². The average Bonchev–Trinajstić information content (AvgIpc) is 2.47. The van der Waals surface area contributed by atoms with E-state index in [1.807, 2.05) is 24.3 Å². The zero-order valence-corrected chi connectivity index (χ0v) is 11.7. The molecule has 2 rings (SSSR count). The highest BCUT2D eigenvalue weighted by Crippen LogP contribution is 2.31. The Bertz CT molecular complexity index is 628. The first kappa shape index (κ1) is 16.1. The Morgan fingerprint density at radius 1 is 0.909 bits per heavy atom. The first-order chi connectivity index (χ1) is 10.4. The summed E-state index contributed by atoms with van der Waals surface area (Å²) in [6.45, 7) is 0. The van der Waals surface area contributed by atoms with Crippen molar-refractivity contribution in [1.29, 1.82) is 0 Å². The number of aliphatic carboxylic acids is 1. The Morgan fingerprint density at radius 2 is 1.41 bits per heavy atom. The number of hydrogen-bond donors (Lipinski definition) is 1. The molecule has 22 heavy (non-hydrogen) atoms. The number of rotatable bonds is 5. The molecule has 0 bridgehead atoms. The summed E-state index contributed by atoms with van der Waals surface area (Å²) in [5.74, 6) is -0.818. The van der Waals surface area contributed by atoms with E-state index in [2.05, 4.69) is 0 Å². The van der Waals surface area contributed by atoms with Gasteiger partial charge < -0.3 is 5.11 Å². The standard InChI is InChI=1S/C17H15F3O2/c18-17(19,20)15-10-8-14(9-11-15)13-6-4-12(5-7-13)2-1-3-16(21)22/h4-11H,1-3H2,(H,21,22). The van der Waals surface area contributed by atoms with Crippen LogP contribution in [-0.4, -0.2) is 11.1 Å². The molecule has 0 aliphatic rings. The Balaban J connectivity index is 2.05. The number of carboxylic acid groups (broad SMARTS) is 1. The van der Waals surface area contributed by atoms with Crippen LogP contribution in [0.3, 0.4) is 0 Å². The first-order valence-corrected chi connectivity index (χ1v) is 6.84. The van der Waals surface area contributed by atoms with Gasteiger partial charge in [-0.1, -0.05) is 36.4 Å². The van der Waals surface area contributed by atoms with Gasteiger partial charge in [0.1, 0.15) is 0 Å². The van der Waals surface area contributed by atoms with Crippen molar-refractivity contribution in [3.8, 4) is 11.1 Å². The average molecular weight is 308 g/mol. The molecular weight excluding hydrogens is 293 g/mol.